The lowest BCUT2D eigenvalue weighted by Gasteiger charge is -2.25. The third-order valence-corrected chi connectivity index (χ3v) is 5.91. The van der Waals surface area contributed by atoms with Crippen LogP contribution in [0.25, 0.3) is 10.8 Å². The Balaban J connectivity index is 2.19. The van der Waals surface area contributed by atoms with E-state index in [0.717, 1.165) is 9.69 Å². The molecule has 6 nitrogen and oxygen atoms in total. The molecule has 3 rings (SSSR count). The molecule has 8 heteroatoms. The lowest BCUT2D eigenvalue weighted by atomic mass is 10.1. The minimum atomic E-state index is -4.01. The van der Waals surface area contributed by atoms with Crippen molar-refractivity contribution >= 4 is 44.0 Å². The van der Waals surface area contributed by atoms with Crippen molar-refractivity contribution in [1.29, 1.82) is 0 Å². The van der Waals surface area contributed by atoms with Gasteiger partial charge in [0.15, 0.2) is 0 Å². The summed E-state index contributed by atoms with van der Waals surface area (Å²) < 4.78 is 27.4. The number of benzene rings is 3. The van der Waals surface area contributed by atoms with Crippen molar-refractivity contribution in [3.05, 3.63) is 71.8 Å². The van der Waals surface area contributed by atoms with E-state index in [-0.39, 0.29) is 4.90 Å². The van der Waals surface area contributed by atoms with Crippen LogP contribution < -0.4 is 15.6 Å². The molecule has 0 saturated heterocycles. The number of carbonyl (C=O) groups excluding carboxylic acids is 1. The molecule has 0 atom stereocenters. The number of hydrazine groups is 1. The Kier molecular flexibility index (Phi) is 5.13. The smallest absolute Gasteiger partial charge is 0.264 e. The Morgan fingerprint density at radius 3 is 2.35 bits per heavy atom. The van der Waals surface area contributed by atoms with E-state index in [4.69, 9.17) is 17.4 Å². The molecule has 0 aliphatic rings. The average molecular weight is 390 g/mol. The van der Waals surface area contributed by atoms with Crippen LogP contribution in [0.5, 0.6) is 0 Å². The fourth-order valence-corrected chi connectivity index (χ4v) is 4.20. The van der Waals surface area contributed by atoms with Crippen molar-refractivity contribution in [2.45, 2.75) is 4.90 Å². The lowest BCUT2D eigenvalue weighted by Crippen LogP contribution is -2.43. The fourth-order valence-electron chi connectivity index (χ4n) is 2.64. The number of nitrogens with two attached hydrogens (primary N) is 1. The number of anilines is 1. The van der Waals surface area contributed by atoms with Crippen LogP contribution in [0, 0.1) is 0 Å². The number of carbonyl (C=O) groups is 1. The predicted molar refractivity (Wildman–Crippen MR) is 102 cm³/mol. The summed E-state index contributed by atoms with van der Waals surface area (Å²) in [6.45, 7) is -0.449. The molecule has 0 unspecified atom stereocenters. The standard InChI is InChI=1S/C18H16ClN3O3S/c19-14-8-10-15(11-9-14)26(24,25)22(12-18(23)21-20)17-7-3-5-13-4-1-2-6-16(13)17/h1-11H,12,20H2,(H,21,23). The molecule has 3 N–H and O–H groups in total. The maximum Gasteiger partial charge on any atom is 0.264 e. The molecule has 3 aromatic carbocycles. The van der Waals surface area contributed by atoms with Gasteiger partial charge in [0.2, 0.25) is 0 Å². The third-order valence-electron chi connectivity index (χ3n) is 3.89. The van der Waals surface area contributed by atoms with Gasteiger partial charge in [-0.1, -0.05) is 48.0 Å². The van der Waals surface area contributed by atoms with Crippen LogP contribution in [0.3, 0.4) is 0 Å². The summed E-state index contributed by atoms with van der Waals surface area (Å²) in [5.41, 5.74) is 2.37. The van der Waals surface area contributed by atoms with Gasteiger partial charge in [0.25, 0.3) is 15.9 Å². The Morgan fingerprint density at radius 2 is 1.65 bits per heavy atom. The number of hydrogen-bond acceptors (Lipinski definition) is 4. The highest BCUT2D eigenvalue weighted by Gasteiger charge is 2.28. The van der Waals surface area contributed by atoms with E-state index in [2.05, 4.69) is 0 Å². The Labute approximate surface area is 156 Å². The highest BCUT2D eigenvalue weighted by atomic mass is 35.5. The Bertz CT molecular complexity index is 1050. The van der Waals surface area contributed by atoms with Gasteiger partial charge < -0.3 is 0 Å². The second-order valence-electron chi connectivity index (χ2n) is 5.53. The molecule has 0 aliphatic carbocycles. The summed E-state index contributed by atoms with van der Waals surface area (Å²) in [6.07, 6.45) is 0. The number of sulfonamides is 1. The van der Waals surface area contributed by atoms with Gasteiger partial charge in [0, 0.05) is 10.4 Å². The molecule has 26 heavy (non-hydrogen) atoms. The molecular weight excluding hydrogens is 374 g/mol. The molecule has 0 bridgehead atoms. The number of rotatable bonds is 5. The predicted octanol–water partition coefficient (Wildman–Crippen LogP) is 2.68. The average Bonchev–Trinajstić information content (AvgIpc) is 2.65. The van der Waals surface area contributed by atoms with Gasteiger partial charge in [-0.05, 0) is 35.7 Å². The summed E-state index contributed by atoms with van der Waals surface area (Å²) in [5, 5.41) is 1.98. The van der Waals surface area contributed by atoms with E-state index in [9.17, 15) is 13.2 Å². The number of nitrogens with one attached hydrogen (secondary N) is 1. The first-order chi connectivity index (χ1) is 12.4. The molecule has 0 saturated carbocycles. The van der Waals surface area contributed by atoms with Crippen molar-refractivity contribution in [2.24, 2.45) is 5.84 Å². The molecule has 0 aromatic heterocycles. The summed E-state index contributed by atoms with van der Waals surface area (Å²) in [4.78, 5) is 11.9. The van der Waals surface area contributed by atoms with E-state index >= 15 is 0 Å². The summed E-state index contributed by atoms with van der Waals surface area (Å²) in [6, 6.07) is 18.4. The van der Waals surface area contributed by atoms with E-state index in [1.165, 1.54) is 24.3 Å². The number of halogens is 1. The van der Waals surface area contributed by atoms with Crippen LogP contribution in [0.2, 0.25) is 5.02 Å². The van der Waals surface area contributed by atoms with Gasteiger partial charge in [0.1, 0.15) is 6.54 Å². The number of hydrogen-bond donors (Lipinski definition) is 2. The lowest BCUT2D eigenvalue weighted by molar-refractivity contribution is -0.119. The van der Waals surface area contributed by atoms with Crippen molar-refractivity contribution in [3.63, 3.8) is 0 Å². The highest BCUT2D eigenvalue weighted by molar-refractivity contribution is 7.92. The van der Waals surface area contributed by atoms with Crippen molar-refractivity contribution in [1.82, 2.24) is 5.43 Å². The highest BCUT2D eigenvalue weighted by Crippen LogP contribution is 2.31. The third kappa shape index (κ3) is 3.50. The van der Waals surface area contributed by atoms with Crippen LogP contribution in [0.15, 0.2) is 71.6 Å². The molecule has 0 heterocycles. The van der Waals surface area contributed by atoms with Gasteiger partial charge in [-0.25, -0.2) is 14.3 Å². The second kappa shape index (κ2) is 7.33. The molecule has 3 aromatic rings. The van der Waals surface area contributed by atoms with Crippen LogP contribution in [-0.2, 0) is 14.8 Å². The molecular formula is C18H16ClN3O3S. The molecule has 0 radical (unpaired) electrons. The maximum atomic E-state index is 13.2. The Hall–Kier alpha value is -2.61. The first-order valence-corrected chi connectivity index (χ1v) is 9.51. The van der Waals surface area contributed by atoms with Crippen molar-refractivity contribution < 1.29 is 13.2 Å². The molecule has 0 aliphatic heterocycles. The maximum absolute atomic E-state index is 13.2. The van der Waals surface area contributed by atoms with Crippen molar-refractivity contribution in [2.75, 3.05) is 10.8 Å². The summed E-state index contributed by atoms with van der Waals surface area (Å²) in [7, 11) is -4.01. The van der Waals surface area contributed by atoms with Gasteiger partial charge in [-0.15, -0.1) is 0 Å². The number of fused-ring (bicyclic) bond motifs is 1. The SMILES string of the molecule is NNC(=O)CN(c1cccc2ccccc12)S(=O)(=O)c1ccc(Cl)cc1. The van der Waals surface area contributed by atoms with E-state index in [1.807, 2.05) is 29.7 Å². The van der Waals surface area contributed by atoms with Crippen molar-refractivity contribution in [3.8, 4) is 0 Å². The van der Waals surface area contributed by atoms with Crippen LogP contribution >= 0.6 is 11.6 Å². The van der Waals surface area contributed by atoms with Gasteiger partial charge in [0.05, 0.1) is 10.6 Å². The zero-order valence-electron chi connectivity index (χ0n) is 13.6. The number of nitrogens with zero attached hydrogens (tertiary/aromatic N) is 1. The zero-order chi connectivity index (χ0) is 18.7. The zero-order valence-corrected chi connectivity index (χ0v) is 15.2. The number of amides is 1. The Morgan fingerprint density at radius 1 is 1.00 bits per heavy atom. The van der Waals surface area contributed by atoms with E-state index in [1.54, 1.807) is 18.2 Å². The van der Waals surface area contributed by atoms with Crippen LogP contribution in [0.1, 0.15) is 0 Å². The van der Waals surface area contributed by atoms with Gasteiger partial charge in [-0.3, -0.25) is 14.5 Å². The molecule has 0 fully saturated rings. The molecule has 1 amide bonds. The van der Waals surface area contributed by atoms with E-state index in [0.29, 0.717) is 16.1 Å². The van der Waals surface area contributed by atoms with Gasteiger partial charge in [-0.2, -0.15) is 0 Å². The van der Waals surface area contributed by atoms with Crippen LogP contribution in [0.4, 0.5) is 5.69 Å². The van der Waals surface area contributed by atoms with E-state index < -0.39 is 22.5 Å². The van der Waals surface area contributed by atoms with Crippen LogP contribution in [-0.4, -0.2) is 20.9 Å². The normalized spacial score (nSPS) is 11.3. The molecule has 134 valence electrons. The minimum absolute atomic E-state index is 0.0275. The topological polar surface area (TPSA) is 92.5 Å². The first kappa shape index (κ1) is 18.2. The largest absolute Gasteiger partial charge is 0.293 e. The fraction of sp³-hybridized carbons (Fsp3) is 0.0556. The summed E-state index contributed by atoms with van der Waals surface area (Å²) >= 11 is 5.85. The quantitative estimate of drug-likeness (QED) is 0.398. The molecule has 0 spiro atoms. The van der Waals surface area contributed by atoms with Gasteiger partial charge >= 0.3 is 0 Å². The monoisotopic (exact) mass is 389 g/mol. The second-order valence-corrected chi connectivity index (χ2v) is 7.83. The first-order valence-electron chi connectivity index (χ1n) is 7.69. The summed E-state index contributed by atoms with van der Waals surface area (Å²) in [5.74, 6) is 4.55. The minimum Gasteiger partial charge on any atom is -0.293 e.